The summed E-state index contributed by atoms with van der Waals surface area (Å²) in [5, 5.41) is 6.41. The van der Waals surface area contributed by atoms with E-state index in [9.17, 15) is 8.42 Å². The normalized spacial score (nSPS) is 11.8. The molecule has 0 saturated heterocycles. The number of sulfonamides is 1. The van der Waals surface area contributed by atoms with Crippen LogP contribution in [0.3, 0.4) is 0 Å². The van der Waals surface area contributed by atoms with Crippen LogP contribution >= 0.6 is 0 Å². The fourth-order valence-electron chi connectivity index (χ4n) is 2.02. The molecule has 0 saturated carbocycles. The number of hydrogen-bond acceptors (Lipinski definition) is 4. The van der Waals surface area contributed by atoms with Gasteiger partial charge in [-0.05, 0) is 19.9 Å². The van der Waals surface area contributed by atoms with E-state index in [-0.39, 0.29) is 11.4 Å². The molecule has 0 aliphatic carbocycles. The van der Waals surface area contributed by atoms with Crippen LogP contribution < -0.4 is 4.74 Å². The third-order valence-corrected chi connectivity index (χ3v) is 5.05. The molecule has 0 atom stereocenters. The lowest BCUT2D eigenvalue weighted by molar-refractivity contribution is 0.332. The summed E-state index contributed by atoms with van der Waals surface area (Å²) >= 11 is 0. The molecule has 1 aromatic heterocycles. The summed E-state index contributed by atoms with van der Waals surface area (Å²) < 4.78 is 31.8. The lowest BCUT2D eigenvalue weighted by Gasteiger charge is -2.18. The molecule has 0 aliphatic heterocycles. The average Bonchev–Trinajstić information content (AvgIpc) is 2.88. The van der Waals surface area contributed by atoms with Gasteiger partial charge in [0.15, 0.2) is 0 Å². The van der Waals surface area contributed by atoms with Crippen LogP contribution in [0.15, 0.2) is 35.4 Å². The van der Waals surface area contributed by atoms with E-state index in [0.29, 0.717) is 18.1 Å². The summed E-state index contributed by atoms with van der Waals surface area (Å²) in [5.74, 6) is 0.700. The molecule has 0 fully saturated rings. The first-order valence-electron chi connectivity index (χ1n) is 6.63. The van der Waals surface area contributed by atoms with Crippen molar-refractivity contribution in [1.82, 2.24) is 14.5 Å². The van der Waals surface area contributed by atoms with E-state index < -0.39 is 10.0 Å². The van der Waals surface area contributed by atoms with Gasteiger partial charge in [-0.3, -0.25) is 5.10 Å². The first kappa shape index (κ1) is 15.5. The number of ether oxygens (including phenoxy) is 1. The van der Waals surface area contributed by atoms with Gasteiger partial charge in [-0.15, -0.1) is 0 Å². The van der Waals surface area contributed by atoms with Crippen molar-refractivity contribution >= 4 is 10.0 Å². The minimum absolute atomic E-state index is 0.193. The highest BCUT2D eigenvalue weighted by Crippen LogP contribution is 2.23. The third-order valence-electron chi connectivity index (χ3n) is 3.14. The second-order valence-corrected chi connectivity index (χ2v) is 6.67. The van der Waals surface area contributed by atoms with Gasteiger partial charge in [-0.2, -0.15) is 9.40 Å². The zero-order valence-electron chi connectivity index (χ0n) is 12.3. The number of hydrogen-bond donors (Lipinski definition) is 1. The molecule has 2 aromatic rings. The van der Waals surface area contributed by atoms with E-state index in [0.717, 1.165) is 5.56 Å². The number of nitrogens with zero attached hydrogens (tertiary/aromatic N) is 2. The molecule has 0 radical (unpaired) electrons. The van der Waals surface area contributed by atoms with E-state index in [2.05, 4.69) is 10.2 Å². The SMILES string of the molecule is CCOc1ccccc1CN(C)S(=O)(=O)c1cn[nH]c1C. The van der Waals surface area contributed by atoms with Crippen molar-refractivity contribution in [2.24, 2.45) is 0 Å². The minimum Gasteiger partial charge on any atom is -0.494 e. The van der Waals surface area contributed by atoms with Gasteiger partial charge in [0.2, 0.25) is 10.0 Å². The number of aromatic amines is 1. The van der Waals surface area contributed by atoms with Crippen molar-refractivity contribution in [3.05, 3.63) is 41.7 Å². The first-order valence-corrected chi connectivity index (χ1v) is 8.07. The molecule has 7 heteroatoms. The number of para-hydroxylation sites is 1. The van der Waals surface area contributed by atoms with Crippen LogP contribution in [0.2, 0.25) is 0 Å². The Balaban J connectivity index is 2.26. The molecule has 1 heterocycles. The van der Waals surface area contributed by atoms with Gasteiger partial charge in [0, 0.05) is 19.2 Å². The Kier molecular flexibility index (Phi) is 4.64. The highest BCUT2D eigenvalue weighted by molar-refractivity contribution is 7.89. The van der Waals surface area contributed by atoms with Gasteiger partial charge in [0.1, 0.15) is 10.6 Å². The second kappa shape index (κ2) is 6.28. The number of aryl methyl sites for hydroxylation is 1. The van der Waals surface area contributed by atoms with E-state index >= 15 is 0 Å². The number of rotatable bonds is 6. The summed E-state index contributed by atoms with van der Waals surface area (Å²) in [6.07, 6.45) is 1.33. The van der Waals surface area contributed by atoms with Crippen LogP contribution in [0.25, 0.3) is 0 Å². The minimum atomic E-state index is -3.57. The van der Waals surface area contributed by atoms with Crippen molar-refractivity contribution in [3.63, 3.8) is 0 Å². The van der Waals surface area contributed by atoms with E-state index in [1.165, 1.54) is 10.5 Å². The van der Waals surface area contributed by atoms with Crippen molar-refractivity contribution in [1.29, 1.82) is 0 Å². The van der Waals surface area contributed by atoms with Gasteiger partial charge in [-0.1, -0.05) is 18.2 Å². The van der Waals surface area contributed by atoms with Crippen LogP contribution in [-0.2, 0) is 16.6 Å². The maximum absolute atomic E-state index is 12.5. The fraction of sp³-hybridized carbons (Fsp3) is 0.357. The maximum Gasteiger partial charge on any atom is 0.246 e. The van der Waals surface area contributed by atoms with Crippen LogP contribution in [0, 0.1) is 6.92 Å². The average molecular weight is 309 g/mol. The van der Waals surface area contributed by atoms with Crippen LogP contribution in [0.1, 0.15) is 18.2 Å². The lowest BCUT2D eigenvalue weighted by Crippen LogP contribution is -2.27. The second-order valence-electron chi connectivity index (χ2n) is 4.66. The predicted octanol–water partition coefficient (Wildman–Crippen LogP) is 1.94. The first-order chi connectivity index (χ1) is 9.96. The number of nitrogens with one attached hydrogen (secondary N) is 1. The molecule has 0 bridgehead atoms. The largest absolute Gasteiger partial charge is 0.494 e. The molecule has 0 unspecified atom stereocenters. The van der Waals surface area contributed by atoms with Crippen LogP contribution in [0.4, 0.5) is 0 Å². The highest BCUT2D eigenvalue weighted by atomic mass is 32.2. The number of H-pyrrole nitrogens is 1. The molecule has 114 valence electrons. The quantitative estimate of drug-likeness (QED) is 0.885. The van der Waals surface area contributed by atoms with Crippen molar-refractivity contribution in [2.75, 3.05) is 13.7 Å². The number of aromatic nitrogens is 2. The van der Waals surface area contributed by atoms with E-state index in [4.69, 9.17) is 4.74 Å². The van der Waals surface area contributed by atoms with Gasteiger partial charge in [-0.25, -0.2) is 8.42 Å². The number of benzene rings is 1. The summed E-state index contributed by atoms with van der Waals surface area (Å²) in [7, 11) is -2.03. The van der Waals surface area contributed by atoms with E-state index in [1.54, 1.807) is 14.0 Å². The van der Waals surface area contributed by atoms with Gasteiger partial charge in [0.05, 0.1) is 18.5 Å². The van der Waals surface area contributed by atoms with Crippen LogP contribution in [0.5, 0.6) is 5.75 Å². The molecular weight excluding hydrogens is 290 g/mol. The van der Waals surface area contributed by atoms with Crippen molar-refractivity contribution in [2.45, 2.75) is 25.3 Å². The summed E-state index contributed by atoms with van der Waals surface area (Å²) in [5.41, 5.74) is 1.35. The Labute approximate surface area is 124 Å². The highest BCUT2D eigenvalue weighted by Gasteiger charge is 2.25. The lowest BCUT2D eigenvalue weighted by atomic mass is 10.2. The molecule has 1 N–H and O–H groups in total. The molecular formula is C14H19N3O3S. The zero-order valence-corrected chi connectivity index (χ0v) is 13.1. The molecule has 0 spiro atoms. The Bertz CT molecular complexity index is 710. The molecule has 1 aromatic carbocycles. The molecule has 0 amide bonds. The smallest absolute Gasteiger partial charge is 0.246 e. The Morgan fingerprint density at radius 3 is 2.67 bits per heavy atom. The molecule has 21 heavy (non-hydrogen) atoms. The predicted molar refractivity (Wildman–Crippen MR) is 79.6 cm³/mol. The fourth-order valence-corrected chi connectivity index (χ4v) is 3.29. The Hall–Kier alpha value is -1.86. The van der Waals surface area contributed by atoms with Gasteiger partial charge < -0.3 is 4.74 Å². The van der Waals surface area contributed by atoms with Crippen molar-refractivity contribution < 1.29 is 13.2 Å². The topological polar surface area (TPSA) is 75.3 Å². The Morgan fingerprint density at radius 2 is 2.05 bits per heavy atom. The maximum atomic E-state index is 12.5. The van der Waals surface area contributed by atoms with Crippen LogP contribution in [-0.4, -0.2) is 36.6 Å². The monoisotopic (exact) mass is 309 g/mol. The third kappa shape index (κ3) is 3.25. The van der Waals surface area contributed by atoms with Gasteiger partial charge in [0.25, 0.3) is 0 Å². The zero-order chi connectivity index (χ0) is 15.5. The van der Waals surface area contributed by atoms with Gasteiger partial charge >= 0.3 is 0 Å². The van der Waals surface area contributed by atoms with E-state index in [1.807, 2.05) is 31.2 Å². The molecule has 6 nitrogen and oxygen atoms in total. The summed E-state index contributed by atoms with van der Waals surface area (Å²) in [4.78, 5) is 0.193. The summed E-state index contributed by atoms with van der Waals surface area (Å²) in [6, 6.07) is 7.42. The summed E-state index contributed by atoms with van der Waals surface area (Å²) in [6.45, 7) is 4.35. The van der Waals surface area contributed by atoms with Crippen molar-refractivity contribution in [3.8, 4) is 5.75 Å². The molecule has 2 rings (SSSR count). The Morgan fingerprint density at radius 1 is 1.33 bits per heavy atom. The molecule has 0 aliphatic rings. The standard InChI is InChI=1S/C14H19N3O3S/c1-4-20-13-8-6-5-7-12(13)10-17(3)21(18,19)14-9-15-16-11(14)2/h5-9H,4,10H2,1-3H3,(H,15,16).